The van der Waals surface area contributed by atoms with Gasteiger partial charge in [0.25, 0.3) is 0 Å². The molecule has 12 rings (SSSR count). The third kappa shape index (κ3) is 4.43. The van der Waals surface area contributed by atoms with Gasteiger partial charge in [-0.15, -0.1) is 11.3 Å². The summed E-state index contributed by atoms with van der Waals surface area (Å²) in [5.41, 5.74) is 12.3. The van der Waals surface area contributed by atoms with Gasteiger partial charge in [-0.25, -0.2) is 0 Å². The Labute approximate surface area is 329 Å². The first kappa shape index (κ1) is 31.6. The molecule has 2 aromatic heterocycles. The molecule has 0 unspecified atom stereocenters. The van der Waals surface area contributed by atoms with Crippen molar-refractivity contribution in [1.82, 2.24) is 4.57 Å². The second-order valence-corrected chi connectivity index (χ2v) is 16.8. The summed E-state index contributed by atoms with van der Waals surface area (Å²) in [4.78, 5) is 2.47. The molecule has 0 saturated heterocycles. The average Bonchev–Trinajstić information content (AvgIpc) is 3.86. The van der Waals surface area contributed by atoms with E-state index < -0.39 is 0 Å². The van der Waals surface area contributed by atoms with Crippen LogP contribution in [-0.4, -0.2) is 4.57 Å². The Morgan fingerprint density at radius 2 is 1.07 bits per heavy atom. The minimum Gasteiger partial charge on any atom is -0.310 e. The van der Waals surface area contributed by atoms with Gasteiger partial charge in [0.2, 0.25) is 0 Å². The number of rotatable bonds is 4. The van der Waals surface area contributed by atoms with Gasteiger partial charge in [0.05, 0.1) is 16.7 Å². The zero-order valence-electron chi connectivity index (χ0n) is 31.1. The highest BCUT2D eigenvalue weighted by Gasteiger charge is 2.37. The van der Waals surface area contributed by atoms with Crippen molar-refractivity contribution in [2.75, 3.05) is 4.90 Å². The number of hydrogen-bond donors (Lipinski definition) is 0. The lowest BCUT2D eigenvalue weighted by Crippen LogP contribution is -2.17. The molecule has 56 heavy (non-hydrogen) atoms. The van der Waals surface area contributed by atoms with E-state index in [2.05, 4.69) is 205 Å². The quantitative estimate of drug-likeness (QED) is 0.175. The summed E-state index contributed by atoms with van der Waals surface area (Å²) in [5.74, 6) is 0. The van der Waals surface area contributed by atoms with Crippen molar-refractivity contribution in [1.29, 1.82) is 0 Å². The monoisotopic (exact) mass is 732 g/mol. The van der Waals surface area contributed by atoms with Crippen LogP contribution in [0, 0.1) is 0 Å². The Hall–Kier alpha value is -6.68. The molecule has 0 aliphatic heterocycles. The second kappa shape index (κ2) is 11.7. The molecule has 264 valence electrons. The predicted molar refractivity (Wildman–Crippen MR) is 241 cm³/mol. The highest BCUT2D eigenvalue weighted by molar-refractivity contribution is 7.25. The van der Waals surface area contributed by atoms with Gasteiger partial charge in [-0.3, -0.25) is 0 Å². The third-order valence-electron chi connectivity index (χ3n) is 12.3. The molecule has 0 spiro atoms. The lowest BCUT2D eigenvalue weighted by Gasteiger charge is -2.29. The maximum Gasteiger partial charge on any atom is 0.0547 e. The lowest BCUT2D eigenvalue weighted by atomic mass is 9.82. The van der Waals surface area contributed by atoms with Crippen LogP contribution >= 0.6 is 11.3 Å². The van der Waals surface area contributed by atoms with Crippen LogP contribution in [0.2, 0.25) is 0 Å². The van der Waals surface area contributed by atoms with Gasteiger partial charge in [-0.05, 0) is 105 Å². The van der Waals surface area contributed by atoms with Crippen LogP contribution in [0.3, 0.4) is 0 Å². The van der Waals surface area contributed by atoms with Gasteiger partial charge in [-0.2, -0.15) is 0 Å². The minimum atomic E-state index is -0.222. The highest BCUT2D eigenvalue weighted by atomic mass is 32.1. The van der Waals surface area contributed by atoms with Crippen molar-refractivity contribution in [2.24, 2.45) is 0 Å². The Kier molecular flexibility index (Phi) is 6.59. The molecule has 1 aliphatic rings. The molecule has 0 radical (unpaired) electrons. The van der Waals surface area contributed by atoms with Crippen molar-refractivity contribution in [2.45, 2.75) is 19.3 Å². The molecule has 2 heterocycles. The number of fused-ring (bicyclic) bond motifs is 12. The standard InChI is InChI=1S/C53H36N2S/c1-53(2)45-31-36(54(47-20-11-14-33-12-3-5-15-38(33)47)35-25-29-51-44(30-35)42-17-8-10-21-50(42)56-51)23-26-40(45)41-27-24-37(32-46(41)53)55-48-19-9-7-18-43(48)52-39-16-6-4-13-34(39)22-28-49(52)55/h3-32H,1-2H3. The molecule has 2 nitrogen and oxygen atoms in total. The molecule has 1 aliphatic carbocycles. The Morgan fingerprint density at radius 1 is 0.446 bits per heavy atom. The summed E-state index contributed by atoms with van der Waals surface area (Å²) in [6.07, 6.45) is 0. The smallest absolute Gasteiger partial charge is 0.0547 e. The molecule has 0 bridgehead atoms. The van der Waals surface area contributed by atoms with Crippen LogP contribution in [0.1, 0.15) is 25.0 Å². The van der Waals surface area contributed by atoms with Crippen LogP contribution in [0.4, 0.5) is 17.1 Å². The Bertz CT molecular complexity index is 3410. The van der Waals surface area contributed by atoms with E-state index in [1.54, 1.807) is 0 Å². The van der Waals surface area contributed by atoms with Crippen molar-refractivity contribution < 1.29 is 0 Å². The molecular formula is C53H36N2S. The Balaban J connectivity index is 1.04. The number of aromatic nitrogens is 1. The largest absolute Gasteiger partial charge is 0.310 e. The van der Waals surface area contributed by atoms with Crippen LogP contribution in [0.25, 0.3) is 80.3 Å². The van der Waals surface area contributed by atoms with Gasteiger partial charge in [-0.1, -0.05) is 129 Å². The fourth-order valence-electron chi connectivity index (χ4n) is 9.69. The maximum absolute atomic E-state index is 2.47. The van der Waals surface area contributed by atoms with Crippen molar-refractivity contribution in [3.8, 4) is 16.8 Å². The van der Waals surface area contributed by atoms with Gasteiger partial charge < -0.3 is 9.47 Å². The molecule has 11 aromatic rings. The number of anilines is 3. The van der Waals surface area contributed by atoms with Gasteiger partial charge in [0.15, 0.2) is 0 Å². The summed E-state index contributed by atoms with van der Waals surface area (Å²) in [7, 11) is 0. The zero-order valence-corrected chi connectivity index (χ0v) is 31.9. The first-order valence-corrected chi connectivity index (χ1v) is 20.2. The van der Waals surface area contributed by atoms with E-state index in [9.17, 15) is 0 Å². The van der Waals surface area contributed by atoms with Gasteiger partial charge in [0, 0.05) is 58.8 Å². The van der Waals surface area contributed by atoms with Gasteiger partial charge in [0.1, 0.15) is 0 Å². The van der Waals surface area contributed by atoms with Crippen LogP contribution in [0.15, 0.2) is 182 Å². The molecule has 0 atom stereocenters. The normalized spacial score (nSPS) is 13.3. The molecule has 9 aromatic carbocycles. The van der Waals surface area contributed by atoms with Crippen LogP contribution in [-0.2, 0) is 5.41 Å². The summed E-state index contributed by atoms with van der Waals surface area (Å²) >= 11 is 1.87. The van der Waals surface area contributed by atoms with Crippen LogP contribution in [0.5, 0.6) is 0 Å². The minimum absolute atomic E-state index is 0.222. The van der Waals surface area contributed by atoms with Gasteiger partial charge >= 0.3 is 0 Å². The molecular weight excluding hydrogens is 697 g/mol. The summed E-state index contributed by atoms with van der Waals surface area (Å²) < 4.78 is 5.10. The van der Waals surface area contributed by atoms with Crippen molar-refractivity contribution in [3.05, 3.63) is 193 Å². The molecule has 0 fully saturated rings. The Morgan fingerprint density at radius 3 is 1.93 bits per heavy atom. The molecule has 3 heteroatoms. The van der Waals surface area contributed by atoms with E-state index >= 15 is 0 Å². The van der Waals surface area contributed by atoms with E-state index in [4.69, 9.17) is 0 Å². The zero-order chi connectivity index (χ0) is 37.1. The third-order valence-corrected chi connectivity index (χ3v) is 13.5. The second-order valence-electron chi connectivity index (χ2n) is 15.7. The van der Waals surface area contributed by atoms with E-state index in [0.717, 1.165) is 11.4 Å². The highest BCUT2D eigenvalue weighted by Crippen LogP contribution is 2.52. The topological polar surface area (TPSA) is 8.17 Å². The molecule has 0 saturated carbocycles. The van der Waals surface area contributed by atoms with Crippen molar-refractivity contribution >= 4 is 91.9 Å². The number of para-hydroxylation sites is 1. The number of thiophene rings is 1. The SMILES string of the molecule is CC1(C)c2cc(N(c3ccc4sc5ccccc5c4c3)c3cccc4ccccc34)ccc2-c2ccc(-n3c4ccccc4c4c5ccccc5ccc43)cc21. The first-order valence-electron chi connectivity index (χ1n) is 19.4. The predicted octanol–water partition coefficient (Wildman–Crippen LogP) is 15.2. The summed E-state index contributed by atoms with van der Waals surface area (Å²) in [6, 6.07) is 67.7. The van der Waals surface area contributed by atoms with E-state index in [1.165, 1.54) is 97.2 Å². The molecule has 0 N–H and O–H groups in total. The number of benzene rings is 9. The fraction of sp³-hybridized carbons (Fsp3) is 0.0566. The molecule has 0 amide bonds. The van der Waals surface area contributed by atoms with E-state index in [0.29, 0.717) is 0 Å². The fourth-order valence-corrected chi connectivity index (χ4v) is 10.8. The number of hydrogen-bond acceptors (Lipinski definition) is 2. The van der Waals surface area contributed by atoms with Crippen molar-refractivity contribution in [3.63, 3.8) is 0 Å². The average molecular weight is 733 g/mol. The van der Waals surface area contributed by atoms with E-state index in [-0.39, 0.29) is 5.41 Å². The first-order chi connectivity index (χ1) is 27.5. The lowest BCUT2D eigenvalue weighted by molar-refractivity contribution is 0.660. The van der Waals surface area contributed by atoms with Crippen LogP contribution < -0.4 is 4.90 Å². The summed E-state index contributed by atoms with van der Waals surface area (Å²) in [5, 5.41) is 10.2. The number of nitrogens with zero attached hydrogens (tertiary/aromatic N) is 2. The summed E-state index contributed by atoms with van der Waals surface area (Å²) in [6.45, 7) is 4.80. The maximum atomic E-state index is 2.47. The van der Waals surface area contributed by atoms with E-state index in [1.807, 2.05) is 11.3 Å².